The van der Waals surface area contributed by atoms with Gasteiger partial charge in [-0.1, -0.05) is 75.4 Å². The van der Waals surface area contributed by atoms with E-state index < -0.39 is 0 Å². The summed E-state index contributed by atoms with van der Waals surface area (Å²) in [6, 6.07) is 12.9. The maximum Gasteiger partial charge on any atom is 0.134 e. The van der Waals surface area contributed by atoms with E-state index in [0.29, 0.717) is 6.42 Å². The van der Waals surface area contributed by atoms with Crippen molar-refractivity contribution in [2.24, 2.45) is 0 Å². The number of aryl methyl sites for hydroxylation is 2. The molecule has 0 aliphatic heterocycles. The van der Waals surface area contributed by atoms with E-state index in [4.69, 9.17) is 0 Å². The van der Waals surface area contributed by atoms with Crippen LogP contribution in [-0.4, -0.2) is 5.78 Å². The lowest BCUT2D eigenvalue weighted by molar-refractivity contribution is -0.116. The largest absolute Gasteiger partial charge is 0.300 e. The van der Waals surface area contributed by atoms with Crippen molar-refractivity contribution < 1.29 is 4.79 Å². The molecule has 0 heterocycles. The Morgan fingerprint density at radius 3 is 2.38 bits per heavy atom. The summed E-state index contributed by atoms with van der Waals surface area (Å²) in [6.07, 6.45) is 7.62. The third-order valence-corrected chi connectivity index (χ3v) is 4.84. The predicted molar refractivity (Wildman–Crippen MR) is 113 cm³/mol. The summed E-state index contributed by atoms with van der Waals surface area (Å²) in [5, 5.41) is 2.42. The highest BCUT2D eigenvalue weighted by Gasteiger charge is 2.13. The second-order valence-electron chi connectivity index (χ2n) is 6.75. The van der Waals surface area contributed by atoms with Crippen molar-refractivity contribution in [3.8, 4) is 0 Å². The molecule has 26 heavy (non-hydrogen) atoms. The van der Waals surface area contributed by atoms with Crippen molar-refractivity contribution >= 4 is 17.4 Å². The van der Waals surface area contributed by atoms with Gasteiger partial charge in [-0.3, -0.25) is 4.79 Å². The molecule has 0 amide bonds. The van der Waals surface area contributed by atoms with Gasteiger partial charge in [0.2, 0.25) is 0 Å². The van der Waals surface area contributed by atoms with Gasteiger partial charge in [-0.2, -0.15) is 0 Å². The van der Waals surface area contributed by atoms with Gasteiger partial charge in [-0.25, -0.2) is 0 Å². The fraction of sp³-hybridized carbons (Fsp3) is 0.320. The van der Waals surface area contributed by atoms with Gasteiger partial charge < -0.3 is 0 Å². The summed E-state index contributed by atoms with van der Waals surface area (Å²) in [5.74, 6) is 0.226. The molecule has 2 aromatic carbocycles. The monoisotopic (exact) mass is 346 g/mol. The Balaban J connectivity index is 2.82. The summed E-state index contributed by atoms with van der Waals surface area (Å²) in [6.45, 7) is 12.2. The van der Waals surface area contributed by atoms with E-state index in [-0.39, 0.29) is 5.78 Å². The fourth-order valence-electron chi connectivity index (χ4n) is 3.61. The Labute approximate surface area is 157 Å². The highest BCUT2D eigenvalue weighted by atomic mass is 16.1. The van der Waals surface area contributed by atoms with Crippen LogP contribution < -0.4 is 10.4 Å². The third kappa shape index (κ3) is 4.40. The quantitative estimate of drug-likeness (QED) is 0.720. The molecule has 2 aromatic rings. The maximum absolute atomic E-state index is 11.8. The second-order valence-corrected chi connectivity index (χ2v) is 6.75. The maximum atomic E-state index is 11.8. The van der Waals surface area contributed by atoms with Crippen LogP contribution in [0.25, 0.3) is 11.6 Å². The smallest absolute Gasteiger partial charge is 0.134 e. The summed E-state index contributed by atoms with van der Waals surface area (Å²) in [5.41, 5.74) is 6.15. The van der Waals surface area contributed by atoms with E-state index in [9.17, 15) is 4.79 Å². The number of ketones is 1. The average Bonchev–Trinajstić information content (AvgIpc) is 2.64. The molecule has 2 rings (SSSR count). The van der Waals surface area contributed by atoms with Crippen LogP contribution >= 0.6 is 0 Å². The zero-order chi connectivity index (χ0) is 19.1. The third-order valence-electron chi connectivity index (χ3n) is 4.84. The molecule has 0 aliphatic carbocycles. The molecule has 0 spiro atoms. The average molecular weight is 347 g/mol. The highest BCUT2D eigenvalue weighted by Crippen LogP contribution is 2.25. The minimum absolute atomic E-state index is 0.226. The normalized spacial score (nSPS) is 12.8. The molecule has 0 aliphatic rings. The molecular formula is C25H30O. The minimum Gasteiger partial charge on any atom is -0.300 e. The van der Waals surface area contributed by atoms with Gasteiger partial charge in [-0.15, -0.1) is 0 Å². The van der Waals surface area contributed by atoms with Crippen LogP contribution in [0.15, 0.2) is 49.1 Å². The first kappa shape index (κ1) is 19.9. The summed E-state index contributed by atoms with van der Waals surface area (Å²) in [4.78, 5) is 11.8. The molecule has 1 heteroatoms. The van der Waals surface area contributed by atoms with Crippen molar-refractivity contribution in [3.63, 3.8) is 0 Å². The molecule has 0 atom stereocenters. The molecule has 0 aromatic heterocycles. The molecule has 0 fully saturated rings. The van der Waals surface area contributed by atoms with Crippen LogP contribution in [0.4, 0.5) is 0 Å². The highest BCUT2D eigenvalue weighted by molar-refractivity contribution is 5.80. The molecule has 0 bridgehead atoms. The van der Waals surface area contributed by atoms with Gasteiger partial charge in [0.1, 0.15) is 5.78 Å². The van der Waals surface area contributed by atoms with Crippen molar-refractivity contribution in [2.75, 3.05) is 0 Å². The van der Waals surface area contributed by atoms with Crippen molar-refractivity contribution in [2.45, 2.75) is 53.4 Å². The van der Waals surface area contributed by atoms with Crippen molar-refractivity contribution in [1.82, 2.24) is 0 Å². The van der Waals surface area contributed by atoms with Crippen LogP contribution in [0, 0.1) is 0 Å². The summed E-state index contributed by atoms with van der Waals surface area (Å²) in [7, 11) is 0. The first-order valence-electron chi connectivity index (χ1n) is 9.58. The van der Waals surface area contributed by atoms with Crippen LogP contribution in [0.1, 0.15) is 56.4 Å². The van der Waals surface area contributed by atoms with E-state index in [2.05, 4.69) is 69.8 Å². The van der Waals surface area contributed by atoms with E-state index in [0.717, 1.165) is 24.8 Å². The lowest BCUT2D eigenvalue weighted by Crippen LogP contribution is -2.26. The summed E-state index contributed by atoms with van der Waals surface area (Å²) < 4.78 is 0. The van der Waals surface area contributed by atoms with Gasteiger partial charge in [0, 0.05) is 6.42 Å². The molecule has 0 saturated carbocycles. The number of allylic oxidation sites excluding steroid dienone is 1. The van der Waals surface area contributed by atoms with Gasteiger partial charge in [0.15, 0.2) is 0 Å². The predicted octanol–water partition coefficient (Wildman–Crippen LogP) is 4.52. The Kier molecular flexibility index (Phi) is 7.15. The number of hydrogen-bond donors (Lipinski definition) is 0. The topological polar surface area (TPSA) is 17.1 Å². The molecule has 0 saturated heterocycles. The SMILES string of the molecule is C=C/C(c1cc(CC)c(CC(C)=O)c(CCC)c1)=c1/cccc/c1=C/C. The van der Waals surface area contributed by atoms with Crippen LogP contribution in [0.2, 0.25) is 0 Å². The molecule has 0 unspecified atom stereocenters. The van der Waals surface area contributed by atoms with E-state index >= 15 is 0 Å². The van der Waals surface area contributed by atoms with E-state index in [1.165, 1.54) is 32.7 Å². The molecule has 0 radical (unpaired) electrons. The number of carbonyl (C=O) groups is 1. The van der Waals surface area contributed by atoms with Gasteiger partial charge in [0.05, 0.1) is 0 Å². The lowest BCUT2D eigenvalue weighted by Gasteiger charge is -2.16. The van der Waals surface area contributed by atoms with Crippen molar-refractivity contribution in [1.29, 1.82) is 0 Å². The molecule has 136 valence electrons. The van der Waals surface area contributed by atoms with Crippen LogP contribution in [0.3, 0.4) is 0 Å². The first-order valence-corrected chi connectivity index (χ1v) is 9.58. The number of Topliss-reactive ketones (excluding diaryl/α,β-unsaturated/α-hetero) is 1. The minimum atomic E-state index is 0.226. The zero-order valence-corrected chi connectivity index (χ0v) is 16.6. The Morgan fingerprint density at radius 2 is 1.81 bits per heavy atom. The van der Waals surface area contributed by atoms with Crippen LogP contribution in [0.5, 0.6) is 0 Å². The van der Waals surface area contributed by atoms with Gasteiger partial charge in [0.25, 0.3) is 0 Å². The van der Waals surface area contributed by atoms with E-state index in [1.54, 1.807) is 6.92 Å². The summed E-state index contributed by atoms with van der Waals surface area (Å²) >= 11 is 0. The number of hydrogen-bond acceptors (Lipinski definition) is 1. The fourth-order valence-corrected chi connectivity index (χ4v) is 3.61. The molecule has 1 nitrogen and oxygen atoms in total. The number of rotatable bonds is 7. The molecule has 0 N–H and O–H groups in total. The first-order chi connectivity index (χ1) is 12.5. The number of carbonyl (C=O) groups excluding carboxylic acids is 1. The Morgan fingerprint density at radius 1 is 1.12 bits per heavy atom. The Bertz CT molecular complexity index is 916. The molecular weight excluding hydrogens is 316 g/mol. The second kappa shape index (κ2) is 9.33. The van der Waals surface area contributed by atoms with Gasteiger partial charge in [-0.05, 0) is 65.0 Å². The standard InChI is InChI=1S/C25H30O/c1-6-12-21-17-22(16-20(8-3)25(21)15-18(5)26)23(9-4)24-14-11-10-13-19(24)7-2/h7,9-11,13-14,16-17H,4,6,8,12,15H2,1-3,5H3/b19-7-,24-23+. The van der Waals surface area contributed by atoms with Crippen LogP contribution in [-0.2, 0) is 24.1 Å². The van der Waals surface area contributed by atoms with E-state index in [1.807, 2.05) is 6.08 Å². The van der Waals surface area contributed by atoms with Crippen molar-refractivity contribution in [3.05, 3.63) is 81.7 Å². The lowest BCUT2D eigenvalue weighted by atomic mass is 9.88. The number of benzene rings is 2. The Hall–Kier alpha value is -2.41. The zero-order valence-electron chi connectivity index (χ0n) is 16.6. The van der Waals surface area contributed by atoms with Gasteiger partial charge >= 0.3 is 0 Å².